The van der Waals surface area contributed by atoms with Gasteiger partial charge in [0.2, 0.25) is 0 Å². The van der Waals surface area contributed by atoms with Crippen molar-refractivity contribution in [2.45, 2.75) is 58.3 Å². The van der Waals surface area contributed by atoms with E-state index in [1.807, 2.05) is 6.07 Å². The monoisotopic (exact) mass is 239 g/mol. The molecule has 0 aliphatic carbocycles. The average Bonchev–Trinajstić information content (AvgIpc) is 2.31. The van der Waals surface area contributed by atoms with Gasteiger partial charge in [0, 0.05) is 17.8 Å². The van der Waals surface area contributed by atoms with Crippen LogP contribution in [-0.4, -0.2) is 4.98 Å². The van der Waals surface area contributed by atoms with Gasteiger partial charge in [-0.15, -0.1) is 0 Å². The van der Waals surface area contributed by atoms with Crippen molar-refractivity contribution in [1.82, 2.24) is 4.98 Å². The molecule has 1 aromatic heterocycles. The lowest BCUT2D eigenvalue weighted by Gasteiger charge is -2.15. The van der Waals surface area contributed by atoms with E-state index in [0.29, 0.717) is 5.92 Å². The number of aromatic nitrogens is 1. The maximum absolute atomic E-state index is 5.86. The molecule has 16 heavy (non-hydrogen) atoms. The van der Waals surface area contributed by atoms with E-state index in [-0.39, 0.29) is 0 Å². The molecule has 0 aliphatic rings. The van der Waals surface area contributed by atoms with Crippen LogP contribution < -0.4 is 0 Å². The van der Waals surface area contributed by atoms with E-state index in [0.717, 1.165) is 5.02 Å². The number of hydrogen-bond donors (Lipinski definition) is 0. The van der Waals surface area contributed by atoms with Crippen molar-refractivity contribution in [3.63, 3.8) is 0 Å². The molecule has 0 bridgehead atoms. The molecule has 0 atom stereocenters. The molecule has 1 nitrogen and oxygen atoms in total. The first-order valence-corrected chi connectivity index (χ1v) is 6.77. The average molecular weight is 240 g/mol. The summed E-state index contributed by atoms with van der Waals surface area (Å²) in [5, 5.41) is 0.730. The maximum Gasteiger partial charge on any atom is 0.0589 e. The minimum absolute atomic E-state index is 0.622. The van der Waals surface area contributed by atoms with Crippen molar-refractivity contribution in [1.29, 1.82) is 0 Å². The van der Waals surface area contributed by atoms with Gasteiger partial charge in [0.05, 0.1) is 5.02 Å². The largest absolute Gasteiger partial charge is 0.259 e. The normalized spacial score (nSPS) is 11.0. The Balaban J connectivity index is 2.62. The summed E-state index contributed by atoms with van der Waals surface area (Å²) < 4.78 is 0. The molecule has 0 N–H and O–H groups in total. The zero-order valence-electron chi connectivity index (χ0n) is 10.4. The highest BCUT2D eigenvalue weighted by molar-refractivity contribution is 6.30. The molecule has 90 valence electrons. The summed E-state index contributed by atoms with van der Waals surface area (Å²) in [5.74, 6) is 0.622. The fraction of sp³-hybridized carbons (Fsp3) is 0.643. The smallest absolute Gasteiger partial charge is 0.0589 e. The summed E-state index contributed by atoms with van der Waals surface area (Å²) >= 11 is 5.86. The molecule has 0 saturated carbocycles. The Kier molecular flexibility index (Phi) is 6.47. The first-order valence-electron chi connectivity index (χ1n) is 6.39. The zero-order valence-corrected chi connectivity index (χ0v) is 11.1. The highest BCUT2D eigenvalue weighted by Gasteiger charge is 2.11. The van der Waals surface area contributed by atoms with Crippen LogP contribution in [0.5, 0.6) is 0 Å². The Hall–Kier alpha value is -0.560. The van der Waals surface area contributed by atoms with Gasteiger partial charge in [-0.3, -0.25) is 4.98 Å². The van der Waals surface area contributed by atoms with E-state index in [4.69, 9.17) is 11.6 Å². The van der Waals surface area contributed by atoms with Crippen LogP contribution in [0.2, 0.25) is 5.02 Å². The number of hydrogen-bond acceptors (Lipinski definition) is 1. The van der Waals surface area contributed by atoms with Crippen LogP contribution in [0.3, 0.4) is 0 Å². The van der Waals surface area contributed by atoms with Crippen LogP contribution >= 0.6 is 11.6 Å². The molecule has 1 heterocycles. The van der Waals surface area contributed by atoms with E-state index >= 15 is 0 Å². The minimum atomic E-state index is 0.622. The van der Waals surface area contributed by atoms with Gasteiger partial charge >= 0.3 is 0 Å². The molecule has 0 unspecified atom stereocenters. The predicted molar refractivity (Wildman–Crippen MR) is 71.0 cm³/mol. The number of halogens is 1. The van der Waals surface area contributed by atoms with Gasteiger partial charge in [0.25, 0.3) is 0 Å². The Labute approximate surface area is 104 Å². The first kappa shape index (κ1) is 13.5. The third-order valence-corrected chi connectivity index (χ3v) is 3.20. The third-order valence-electron chi connectivity index (χ3n) is 2.98. The van der Waals surface area contributed by atoms with Gasteiger partial charge in [-0.05, 0) is 25.0 Å². The molecule has 0 spiro atoms. The van der Waals surface area contributed by atoms with Crippen molar-refractivity contribution in [3.05, 3.63) is 29.0 Å². The second-order valence-corrected chi connectivity index (χ2v) is 4.82. The Morgan fingerprint density at radius 1 is 1.12 bits per heavy atom. The van der Waals surface area contributed by atoms with Crippen LogP contribution in [0, 0.1) is 0 Å². The maximum atomic E-state index is 5.86. The van der Waals surface area contributed by atoms with Crippen LogP contribution in [0.25, 0.3) is 0 Å². The highest BCUT2D eigenvalue weighted by Crippen LogP contribution is 2.26. The van der Waals surface area contributed by atoms with Gasteiger partial charge < -0.3 is 0 Å². The van der Waals surface area contributed by atoms with Crippen LogP contribution in [0.1, 0.15) is 64.0 Å². The van der Waals surface area contributed by atoms with Crippen LogP contribution in [0.15, 0.2) is 18.3 Å². The summed E-state index contributed by atoms with van der Waals surface area (Å²) in [4.78, 5) is 4.45. The van der Waals surface area contributed by atoms with E-state index < -0.39 is 0 Å². The molecule has 1 rings (SSSR count). The lowest BCUT2D eigenvalue weighted by Crippen LogP contribution is -2.01. The topological polar surface area (TPSA) is 12.9 Å². The van der Waals surface area contributed by atoms with E-state index in [2.05, 4.69) is 24.9 Å². The van der Waals surface area contributed by atoms with E-state index in [1.165, 1.54) is 44.2 Å². The second kappa shape index (κ2) is 7.67. The molecule has 0 fully saturated rings. The van der Waals surface area contributed by atoms with Crippen molar-refractivity contribution in [2.75, 3.05) is 0 Å². The molecule has 1 aromatic rings. The molecule has 0 saturated heterocycles. The summed E-state index contributed by atoms with van der Waals surface area (Å²) in [5.41, 5.74) is 1.21. The van der Waals surface area contributed by atoms with Crippen molar-refractivity contribution in [2.24, 2.45) is 0 Å². The fourth-order valence-electron chi connectivity index (χ4n) is 1.97. The number of rotatable bonds is 7. The molecular formula is C14H22ClN. The summed E-state index contributed by atoms with van der Waals surface area (Å²) in [6.07, 6.45) is 9.38. The zero-order chi connectivity index (χ0) is 11.8. The van der Waals surface area contributed by atoms with Crippen LogP contribution in [-0.2, 0) is 0 Å². The van der Waals surface area contributed by atoms with E-state index in [9.17, 15) is 0 Å². The molecular weight excluding hydrogens is 218 g/mol. The Bertz CT molecular complexity index is 273. The molecule has 0 radical (unpaired) electrons. The predicted octanol–water partition coefficient (Wildman–Crippen LogP) is 5.20. The van der Waals surface area contributed by atoms with Gasteiger partial charge in [-0.2, -0.15) is 0 Å². The first-order chi connectivity index (χ1) is 7.77. The van der Waals surface area contributed by atoms with Gasteiger partial charge in [-0.1, -0.05) is 51.1 Å². The Morgan fingerprint density at radius 2 is 1.75 bits per heavy atom. The van der Waals surface area contributed by atoms with E-state index in [1.54, 1.807) is 6.20 Å². The number of unbranched alkanes of at least 4 members (excludes halogenated alkanes) is 2. The summed E-state index contributed by atoms with van der Waals surface area (Å²) in [7, 11) is 0. The Morgan fingerprint density at radius 3 is 2.19 bits per heavy atom. The van der Waals surface area contributed by atoms with Gasteiger partial charge in [0.1, 0.15) is 0 Å². The fourth-order valence-corrected chi connectivity index (χ4v) is 2.08. The lowest BCUT2D eigenvalue weighted by molar-refractivity contribution is 0.515. The van der Waals surface area contributed by atoms with Gasteiger partial charge in [0.15, 0.2) is 0 Å². The van der Waals surface area contributed by atoms with Crippen molar-refractivity contribution >= 4 is 11.6 Å². The quantitative estimate of drug-likeness (QED) is 0.637. The third kappa shape index (κ3) is 4.52. The molecule has 2 heteroatoms. The van der Waals surface area contributed by atoms with Crippen molar-refractivity contribution in [3.8, 4) is 0 Å². The second-order valence-electron chi connectivity index (χ2n) is 4.38. The number of nitrogens with zero attached hydrogens (tertiary/aromatic N) is 1. The standard InChI is InChI=1S/C14H22ClN/c1-3-5-7-12(8-6-4-2)14-10-9-13(15)11-16-14/h9-12H,3-8H2,1-2H3. The van der Waals surface area contributed by atoms with Crippen LogP contribution in [0.4, 0.5) is 0 Å². The minimum Gasteiger partial charge on any atom is -0.259 e. The number of pyridine rings is 1. The molecule has 0 aromatic carbocycles. The lowest BCUT2D eigenvalue weighted by atomic mass is 9.92. The van der Waals surface area contributed by atoms with Gasteiger partial charge in [-0.25, -0.2) is 0 Å². The molecule has 0 amide bonds. The SMILES string of the molecule is CCCCC(CCCC)c1ccc(Cl)cn1. The summed E-state index contributed by atoms with van der Waals surface area (Å²) in [6, 6.07) is 4.03. The molecule has 0 aliphatic heterocycles. The highest BCUT2D eigenvalue weighted by atomic mass is 35.5. The summed E-state index contributed by atoms with van der Waals surface area (Å²) in [6.45, 7) is 4.48. The van der Waals surface area contributed by atoms with Crippen molar-refractivity contribution < 1.29 is 0 Å².